The molecule has 0 spiro atoms. The van der Waals surface area contributed by atoms with Crippen molar-refractivity contribution >= 4 is 12.4 Å². The Balaban J connectivity index is 0.00000180. The van der Waals surface area contributed by atoms with Crippen molar-refractivity contribution in [3.8, 4) is 0 Å². The number of rotatable bonds is 3. The Kier molecular flexibility index (Phi) is 6.17. The van der Waals surface area contributed by atoms with Gasteiger partial charge in [0.25, 0.3) is 0 Å². The number of nitrogens with zero attached hydrogens (tertiary/aromatic N) is 1. The Morgan fingerprint density at radius 2 is 2.11 bits per heavy atom. The monoisotopic (exact) mass is 290 g/mol. The van der Waals surface area contributed by atoms with Crippen LogP contribution in [0.2, 0.25) is 0 Å². The van der Waals surface area contributed by atoms with E-state index in [1.807, 2.05) is 6.92 Å². The summed E-state index contributed by atoms with van der Waals surface area (Å²) in [5.41, 5.74) is 6.52. The fraction of sp³-hybridized carbons (Fsp3) is 0.571. The number of nitrogens with two attached hydrogens (primary N) is 1. The number of halogens is 3. The smallest absolute Gasteiger partial charge is 0.130 e. The lowest BCUT2D eigenvalue weighted by Crippen LogP contribution is -2.48. The number of piperidine rings is 1. The summed E-state index contributed by atoms with van der Waals surface area (Å²) in [6.07, 6.45) is 3.35. The summed E-state index contributed by atoms with van der Waals surface area (Å²) in [4.78, 5) is 2.21. The highest BCUT2D eigenvalue weighted by atomic mass is 35.5. The Hall–Kier alpha value is -0.710. The van der Waals surface area contributed by atoms with E-state index in [1.165, 1.54) is 18.6 Å². The van der Waals surface area contributed by atoms with E-state index in [1.54, 1.807) is 0 Å². The first kappa shape index (κ1) is 16.3. The average molecular weight is 291 g/mol. The molecule has 1 saturated heterocycles. The summed E-state index contributed by atoms with van der Waals surface area (Å²) in [6.45, 7) is 3.44. The van der Waals surface area contributed by atoms with Gasteiger partial charge in [-0.1, -0.05) is 12.5 Å². The predicted octanol–water partition coefficient (Wildman–Crippen LogP) is 3.09. The molecule has 1 aromatic rings. The van der Waals surface area contributed by atoms with Crippen LogP contribution in [0.1, 0.15) is 31.7 Å². The van der Waals surface area contributed by atoms with E-state index in [9.17, 15) is 8.78 Å². The van der Waals surface area contributed by atoms with Gasteiger partial charge in [0.2, 0.25) is 0 Å². The van der Waals surface area contributed by atoms with Crippen LogP contribution in [0.25, 0.3) is 0 Å². The van der Waals surface area contributed by atoms with Crippen LogP contribution in [0.15, 0.2) is 18.2 Å². The molecule has 5 heteroatoms. The Morgan fingerprint density at radius 3 is 2.74 bits per heavy atom. The van der Waals surface area contributed by atoms with E-state index >= 15 is 0 Å². The largest absolute Gasteiger partial charge is 0.327 e. The zero-order valence-corrected chi connectivity index (χ0v) is 11.9. The topological polar surface area (TPSA) is 29.3 Å². The first-order chi connectivity index (χ1) is 8.58. The van der Waals surface area contributed by atoms with Crippen LogP contribution in [-0.2, 0) is 6.54 Å². The normalized spacial score (nSPS) is 21.8. The molecule has 0 aromatic heterocycles. The molecule has 1 aliphatic heterocycles. The Bertz CT molecular complexity index is 412. The lowest BCUT2D eigenvalue weighted by molar-refractivity contribution is 0.121. The zero-order chi connectivity index (χ0) is 13.1. The van der Waals surface area contributed by atoms with E-state index in [2.05, 4.69) is 4.90 Å². The van der Waals surface area contributed by atoms with Gasteiger partial charge >= 0.3 is 0 Å². The van der Waals surface area contributed by atoms with Crippen molar-refractivity contribution in [2.45, 2.75) is 44.8 Å². The predicted molar refractivity (Wildman–Crippen MR) is 75.3 cm³/mol. The van der Waals surface area contributed by atoms with Crippen molar-refractivity contribution < 1.29 is 8.78 Å². The number of hydrogen-bond acceptors (Lipinski definition) is 2. The lowest BCUT2D eigenvalue weighted by atomic mass is 9.96. The SMILES string of the molecule is CC(N)C1CCCCN1Cc1ccc(F)cc1F.Cl. The molecule has 1 aliphatic rings. The van der Waals surface area contributed by atoms with E-state index < -0.39 is 11.6 Å². The number of benzene rings is 1. The van der Waals surface area contributed by atoms with E-state index in [-0.39, 0.29) is 18.4 Å². The number of likely N-dealkylation sites (tertiary alicyclic amines) is 1. The molecular weight excluding hydrogens is 270 g/mol. The van der Waals surface area contributed by atoms with Crippen LogP contribution in [-0.4, -0.2) is 23.5 Å². The molecule has 19 heavy (non-hydrogen) atoms. The molecule has 1 fully saturated rings. The molecule has 0 bridgehead atoms. The van der Waals surface area contributed by atoms with Gasteiger partial charge in [0.05, 0.1) is 0 Å². The summed E-state index contributed by atoms with van der Waals surface area (Å²) < 4.78 is 26.5. The Morgan fingerprint density at radius 1 is 1.37 bits per heavy atom. The fourth-order valence-electron chi connectivity index (χ4n) is 2.68. The van der Waals surface area contributed by atoms with Crippen molar-refractivity contribution in [2.24, 2.45) is 5.73 Å². The maximum atomic E-state index is 13.6. The van der Waals surface area contributed by atoms with Gasteiger partial charge in [-0.2, -0.15) is 0 Å². The molecule has 1 aromatic carbocycles. The number of hydrogen-bond donors (Lipinski definition) is 1. The highest BCUT2D eigenvalue weighted by Gasteiger charge is 2.25. The van der Waals surface area contributed by atoms with E-state index in [0.29, 0.717) is 18.2 Å². The minimum atomic E-state index is -0.529. The van der Waals surface area contributed by atoms with Gasteiger partial charge in [0.1, 0.15) is 11.6 Å². The molecule has 2 N–H and O–H groups in total. The van der Waals surface area contributed by atoms with Crippen molar-refractivity contribution in [1.82, 2.24) is 4.90 Å². The van der Waals surface area contributed by atoms with Crippen LogP contribution < -0.4 is 5.73 Å². The first-order valence-electron chi connectivity index (χ1n) is 6.51. The summed E-state index contributed by atoms with van der Waals surface area (Å²) in [5, 5.41) is 0. The van der Waals surface area contributed by atoms with Gasteiger partial charge in [0, 0.05) is 30.3 Å². The maximum Gasteiger partial charge on any atom is 0.130 e. The van der Waals surface area contributed by atoms with Gasteiger partial charge in [-0.15, -0.1) is 12.4 Å². The third-order valence-electron chi connectivity index (χ3n) is 3.66. The molecule has 0 radical (unpaired) electrons. The molecule has 2 nitrogen and oxygen atoms in total. The van der Waals surface area contributed by atoms with E-state index in [0.717, 1.165) is 25.5 Å². The second kappa shape index (κ2) is 7.17. The summed E-state index contributed by atoms with van der Waals surface area (Å²) >= 11 is 0. The quantitative estimate of drug-likeness (QED) is 0.927. The standard InChI is InChI=1S/C14H20F2N2.ClH/c1-10(17)14-4-2-3-7-18(14)9-11-5-6-12(15)8-13(11)16;/h5-6,8,10,14H,2-4,7,9,17H2,1H3;1H. The third kappa shape index (κ3) is 4.13. The van der Waals surface area contributed by atoms with Crippen LogP contribution in [0.3, 0.4) is 0 Å². The minimum Gasteiger partial charge on any atom is -0.327 e. The summed E-state index contributed by atoms with van der Waals surface area (Å²) in [6, 6.07) is 4.15. The molecule has 0 amide bonds. The van der Waals surface area contributed by atoms with Gasteiger partial charge < -0.3 is 5.73 Å². The van der Waals surface area contributed by atoms with Crippen LogP contribution in [0, 0.1) is 11.6 Å². The van der Waals surface area contributed by atoms with Gasteiger partial charge in [-0.25, -0.2) is 8.78 Å². The average Bonchev–Trinajstić information content (AvgIpc) is 2.33. The molecule has 108 valence electrons. The highest BCUT2D eigenvalue weighted by molar-refractivity contribution is 5.85. The lowest BCUT2D eigenvalue weighted by Gasteiger charge is -2.38. The van der Waals surface area contributed by atoms with Crippen molar-refractivity contribution in [3.05, 3.63) is 35.4 Å². The molecular formula is C14H21ClF2N2. The zero-order valence-electron chi connectivity index (χ0n) is 11.1. The highest BCUT2D eigenvalue weighted by Crippen LogP contribution is 2.22. The summed E-state index contributed by atoms with van der Waals surface area (Å²) in [5.74, 6) is -0.998. The molecule has 0 aliphatic carbocycles. The van der Waals surface area contributed by atoms with Crippen LogP contribution >= 0.6 is 12.4 Å². The second-order valence-corrected chi connectivity index (χ2v) is 5.13. The van der Waals surface area contributed by atoms with Crippen molar-refractivity contribution in [3.63, 3.8) is 0 Å². The molecule has 0 saturated carbocycles. The fourth-order valence-corrected chi connectivity index (χ4v) is 2.68. The minimum absolute atomic E-state index is 0. The maximum absolute atomic E-state index is 13.6. The Labute approximate surface area is 119 Å². The molecule has 1 heterocycles. The summed E-state index contributed by atoms with van der Waals surface area (Å²) in [7, 11) is 0. The van der Waals surface area contributed by atoms with Crippen molar-refractivity contribution in [1.29, 1.82) is 0 Å². The third-order valence-corrected chi connectivity index (χ3v) is 3.66. The van der Waals surface area contributed by atoms with E-state index in [4.69, 9.17) is 5.73 Å². The van der Waals surface area contributed by atoms with Gasteiger partial charge in [0.15, 0.2) is 0 Å². The second-order valence-electron chi connectivity index (χ2n) is 5.13. The molecule has 2 rings (SSSR count). The van der Waals surface area contributed by atoms with Crippen LogP contribution in [0.5, 0.6) is 0 Å². The van der Waals surface area contributed by atoms with Crippen molar-refractivity contribution in [2.75, 3.05) is 6.54 Å². The van der Waals surface area contributed by atoms with Gasteiger partial charge in [-0.3, -0.25) is 4.90 Å². The van der Waals surface area contributed by atoms with Gasteiger partial charge in [-0.05, 0) is 32.4 Å². The van der Waals surface area contributed by atoms with Crippen LogP contribution in [0.4, 0.5) is 8.78 Å². The first-order valence-corrected chi connectivity index (χ1v) is 6.51. The molecule has 2 unspecified atom stereocenters. The molecule has 2 atom stereocenters.